The quantitative estimate of drug-likeness (QED) is 0.746. The van der Waals surface area contributed by atoms with Crippen molar-refractivity contribution in [1.82, 2.24) is 9.62 Å². The third kappa shape index (κ3) is 5.70. The van der Waals surface area contributed by atoms with Gasteiger partial charge in [0.2, 0.25) is 10.0 Å². The first kappa shape index (κ1) is 16.9. The van der Waals surface area contributed by atoms with Crippen LogP contribution in [0.25, 0.3) is 0 Å². The minimum Gasteiger partial charge on any atom is -0.303 e. The number of hydrogen-bond donors (Lipinski definition) is 1. The monoisotopic (exact) mass is 374 g/mol. The smallest absolute Gasteiger partial charge is 0.215 e. The van der Waals surface area contributed by atoms with Crippen LogP contribution in [0.3, 0.4) is 0 Å². The molecule has 1 N–H and O–H groups in total. The molecule has 118 valence electrons. The topological polar surface area (TPSA) is 49.4 Å². The summed E-state index contributed by atoms with van der Waals surface area (Å²) in [5.41, 5.74) is 0.807. The standard InChI is InChI=1S/C15H23BrN2O2S/c1-18-11-3-5-15(18)4-2-10-17-21(19,20)12-13-6-8-14(16)9-7-13/h6-9,15,17H,2-5,10-12H2,1H3/t15-/m1/s1. The van der Waals surface area contributed by atoms with Crippen LogP contribution < -0.4 is 4.72 Å². The molecule has 1 fully saturated rings. The Labute approximate surface area is 136 Å². The van der Waals surface area contributed by atoms with E-state index in [1.807, 2.05) is 24.3 Å². The highest BCUT2D eigenvalue weighted by molar-refractivity contribution is 9.10. The zero-order chi connectivity index (χ0) is 15.3. The van der Waals surface area contributed by atoms with Crippen LogP contribution in [0.1, 0.15) is 31.2 Å². The fourth-order valence-corrected chi connectivity index (χ4v) is 4.21. The number of benzene rings is 1. The van der Waals surface area contributed by atoms with Gasteiger partial charge in [-0.1, -0.05) is 28.1 Å². The number of halogens is 1. The van der Waals surface area contributed by atoms with Gasteiger partial charge in [0.25, 0.3) is 0 Å². The van der Waals surface area contributed by atoms with Gasteiger partial charge in [0.05, 0.1) is 5.75 Å². The molecular formula is C15H23BrN2O2S. The largest absolute Gasteiger partial charge is 0.303 e. The van der Waals surface area contributed by atoms with Gasteiger partial charge in [0.15, 0.2) is 0 Å². The van der Waals surface area contributed by atoms with Gasteiger partial charge in [-0.15, -0.1) is 0 Å². The molecule has 0 radical (unpaired) electrons. The van der Waals surface area contributed by atoms with Gasteiger partial charge in [-0.2, -0.15) is 0 Å². The maximum Gasteiger partial charge on any atom is 0.215 e. The molecule has 0 saturated carbocycles. The molecule has 1 aliphatic rings. The Balaban J connectivity index is 1.72. The lowest BCUT2D eigenvalue weighted by atomic mass is 10.1. The minimum atomic E-state index is -3.24. The summed E-state index contributed by atoms with van der Waals surface area (Å²) >= 11 is 3.34. The van der Waals surface area contributed by atoms with Gasteiger partial charge in [0.1, 0.15) is 0 Å². The first-order valence-electron chi connectivity index (χ1n) is 7.38. The van der Waals surface area contributed by atoms with Gasteiger partial charge in [-0.3, -0.25) is 0 Å². The molecule has 2 rings (SSSR count). The molecule has 1 aromatic carbocycles. The molecule has 0 amide bonds. The van der Waals surface area contributed by atoms with E-state index in [1.165, 1.54) is 19.4 Å². The molecular weight excluding hydrogens is 352 g/mol. The van der Waals surface area contributed by atoms with E-state index in [-0.39, 0.29) is 5.75 Å². The normalized spacial score (nSPS) is 20.0. The Morgan fingerprint density at radius 1 is 1.33 bits per heavy atom. The van der Waals surface area contributed by atoms with E-state index in [0.717, 1.165) is 22.9 Å². The third-order valence-electron chi connectivity index (χ3n) is 3.98. The Bertz CT molecular complexity index is 545. The highest BCUT2D eigenvalue weighted by Crippen LogP contribution is 2.18. The fraction of sp³-hybridized carbons (Fsp3) is 0.600. The van der Waals surface area contributed by atoms with Crippen molar-refractivity contribution in [3.05, 3.63) is 34.3 Å². The van der Waals surface area contributed by atoms with Crippen LogP contribution in [-0.2, 0) is 15.8 Å². The highest BCUT2D eigenvalue weighted by atomic mass is 79.9. The third-order valence-corrected chi connectivity index (χ3v) is 5.86. The van der Waals surface area contributed by atoms with Gasteiger partial charge >= 0.3 is 0 Å². The van der Waals surface area contributed by atoms with E-state index in [4.69, 9.17) is 0 Å². The molecule has 1 saturated heterocycles. The minimum absolute atomic E-state index is 0.0452. The van der Waals surface area contributed by atoms with Gasteiger partial charge in [-0.05, 0) is 57.0 Å². The second-order valence-corrected chi connectivity index (χ2v) is 8.42. The van der Waals surface area contributed by atoms with Gasteiger partial charge in [-0.25, -0.2) is 13.1 Å². The lowest BCUT2D eigenvalue weighted by molar-refractivity contribution is 0.292. The molecule has 4 nitrogen and oxygen atoms in total. The Morgan fingerprint density at radius 2 is 2.05 bits per heavy atom. The molecule has 0 aromatic heterocycles. The Morgan fingerprint density at radius 3 is 2.67 bits per heavy atom. The van der Waals surface area contributed by atoms with Crippen molar-refractivity contribution in [3.8, 4) is 0 Å². The summed E-state index contributed by atoms with van der Waals surface area (Å²) in [4.78, 5) is 2.37. The molecule has 0 unspecified atom stereocenters. The van der Waals surface area contributed by atoms with Gasteiger partial charge in [0, 0.05) is 17.1 Å². The molecule has 6 heteroatoms. The summed E-state index contributed by atoms with van der Waals surface area (Å²) in [5.74, 6) is 0.0452. The predicted molar refractivity (Wildman–Crippen MR) is 89.7 cm³/mol. The van der Waals surface area contributed by atoms with Crippen LogP contribution in [0, 0.1) is 0 Å². The number of likely N-dealkylation sites (tertiary alicyclic amines) is 1. The van der Waals surface area contributed by atoms with E-state index < -0.39 is 10.0 Å². The molecule has 21 heavy (non-hydrogen) atoms. The van der Waals surface area contributed by atoms with Crippen molar-refractivity contribution < 1.29 is 8.42 Å². The maximum atomic E-state index is 12.0. The lowest BCUT2D eigenvalue weighted by Gasteiger charge is -2.19. The van der Waals surface area contributed by atoms with Crippen molar-refractivity contribution in [1.29, 1.82) is 0 Å². The van der Waals surface area contributed by atoms with E-state index in [0.29, 0.717) is 12.6 Å². The highest BCUT2D eigenvalue weighted by Gasteiger charge is 2.20. The molecule has 1 heterocycles. The van der Waals surface area contributed by atoms with E-state index in [2.05, 4.69) is 32.6 Å². The van der Waals surface area contributed by atoms with Crippen LogP contribution in [-0.4, -0.2) is 39.5 Å². The number of rotatable bonds is 7. The first-order chi connectivity index (χ1) is 9.96. The average molecular weight is 375 g/mol. The molecule has 1 aromatic rings. The van der Waals surface area contributed by atoms with E-state index in [9.17, 15) is 8.42 Å². The Kier molecular flexibility index (Phi) is 6.22. The van der Waals surface area contributed by atoms with Crippen molar-refractivity contribution >= 4 is 26.0 Å². The zero-order valence-electron chi connectivity index (χ0n) is 12.4. The van der Waals surface area contributed by atoms with Crippen molar-refractivity contribution in [2.24, 2.45) is 0 Å². The molecule has 1 atom stereocenters. The van der Waals surface area contributed by atoms with E-state index >= 15 is 0 Å². The Hall–Kier alpha value is -0.430. The number of hydrogen-bond acceptors (Lipinski definition) is 3. The van der Waals surface area contributed by atoms with Crippen LogP contribution in [0.4, 0.5) is 0 Å². The molecule has 0 bridgehead atoms. The summed E-state index contributed by atoms with van der Waals surface area (Å²) in [6, 6.07) is 8.01. The van der Waals surface area contributed by atoms with Crippen LogP contribution in [0.5, 0.6) is 0 Å². The van der Waals surface area contributed by atoms with Gasteiger partial charge < -0.3 is 4.90 Å². The van der Waals surface area contributed by atoms with Crippen LogP contribution >= 0.6 is 15.9 Å². The first-order valence-corrected chi connectivity index (χ1v) is 9.83. The SMILES string of the molecule is CN1CCC[C@H]1CCCNS(=O)(=O)Cc1ccc(Br)cc1. The zero-order valence-corrected chi connectivity index (χ0v) is 14.8. The average Bonchev–Trinajstić information content (AvgIpc) is 2.83. The predicted octanol–water partition coefficient (Wildman–Crippen LogP) is 2.74. The summed E-state index contributed by atoms with van der Waals surface area (Å²) in [6.45, 7) is 1.70. The molecule has 0 aliphatic carbocycles. The molecule has 0 spiro atoms. The van der Waals surface area contributed by atoms with Crippen LogP contribution in [0.2, 0.25) is 0 Å². The number of nitrogens with one attached hydrogen (secondary N) is 1. The van der Waals surface area contributed by atoms with E-state index in [1.54, 1.807) is 0 Å². The van der Waals surface area contributed by atoms with Crippen molar-refractivity contribution in [3.63, 3.8) is 0 Å². The summed E-state index contributed by atoms with van der Waals surface area (Å²) in [6.07, 6.45) is 4.46. The second-order valence-electron chi connectivity index (χ2n) is 5.70. The summed E-state index contributed by atoms with van der Waals surface area (Å²) in [7, 11) is -1.09. The van der Waals surface area contributed by atoms with Crippen molar-refractivity contribution in [2.45, 2.75) is 37.5 Å². The summed E-state index contributed by atoms with van der Waals surface area (Å²) < 4.78 is 27.7. The fourth-order valence-electron chi connectivity index (χ4n) is 2.76. The van der Waals surface area contributed by atoms with Crippen molar-refractivity contribution in [2.75, 3.05) is 20.1 Å². The summed E-state index contributed by atoms with van der Waals surface area (Å²) in [5, 5.41) is 0. The maximum absolute atomic E-state index is 12.0. The molecule has 1 aliphatic heterocycles. The lowest BCUT2D eigenvalue weighted by Crippen LogP contribution is -2.29. The van der Waals surface area contributed by atoms with Crippen LogP contribution in [0.15, 0.2) is 28.7 Å². The second kappa shape index (κ2) is 7.72. The number of sulfonamides is 1. The number of nitrogens with zero attached hydrogens (tertiary/aromatic N) is 1.